The second-order valence-corrected chi connectivity index (χ2v) is 3.97. The number of primary amides is 1. The van der Waals surface area contributed by atoms with Crippen molar-refractivity contribution in [1.29, 1.82) is 0 Å². The van der Waals surface area contributed by atoms with Gasteiger partial charge >= 0.3 is 0 Å². The van der Waals surface area contributed by atoms with Crippen LogP contribution in [0.5, 0.6) is 0 Å². The van der Waals surface area contributed by atoms with Gasteiger partial charge in [-0.05, 0) is 31.7 Å². The quantitative estimate of drug-likeness (QED) is 0.620. The van der Waals surface area contributed by atoms with Gasteiger partial charge in [-0.25, -0.2) is 0 Å². The van der Waals surface area contributed by atoms with E-state index in [0.717, 1.165) is 25.8 Å². The molecule has 0 spiro atoms. The second kappa shape index (κ2) is 4.75. The van der Waals surface area contributed by atoms with Crippen LogP contribution in [0.15, 0.2) is 0 Å². The normalized spacial score (nSPS) is 20.4. The first-order chi connectivity index (χ1) is 6.67. The number of carbonyl (C=O) groups is 1. The molecule has 1 saturated carbocycles. The maximum atomic E-state index is 11.5. The zero-order valence-corrected chi connectivity index (χ0v) is 9.01. The van der Waals surface area contributed by atoms with Crippen LogP contribution >= 0.6 is 0 Å². The van der Waals surface area contributed by atoms with Gasteiger partial charge in [-0.3, -0.25) is 4.79 Å². The average molecular weight is 200 g/mol. The zero-order chi connectivity index (χ0) is 10.6. The maximum Gasteiger partial charge on any atom is 0.240 e. The highest BCUT2D eigenvalue weighted by atomic mass is 16.5. The van der Waals surface area contributed by atoms with E-state index in [2.05, 4.69) is 12.2 Å². The van der Waals surface area contributed by atoms with Crippen molar-refractivity contribution >= 4 is 5.91 Å². The molecule has 0 heterocycles. The fourth-order valence-electron chi connectivity index (χ4n) is 1.82. The molecule has 0 radical (unpaired) electrons. The molecule has 4 nitrogen and oxygen atoms in total. The number of hydrogen-bond donors (Lipinski definition) is 2. The molecule has 1 fully saturated rings. The minimum absolute atomic E-state index is 0.282. The molecule has 1 aliphatic carbocycles. The van der Waals surface area contributed by atoms with Crippen molar-refractivity contribution in [2.24, 2.45) is 11.7 Å². The predicted molar refractivity (Wildman–Crippen MR) is 54.8 cm³/mol. The Labute approximate surface area is 85.2 Å². The largest absolute Gasteiger partial charge is 0.382 e. The number of methoxy groups -OCH3 is 1. The molecule has 0 aromatic heterocycles. The first kappa shape index (κ1) is 11.5. The first-order valence-electron chi connectivity index (χ1n) is 5.21. The van der Waals surface area contributed by atoms with Crippen LogP contribution < -0.4 is 11.1 Å². The van der Waals surface area contributed by atoms with E-state index >= 15 is 0 Å². The summed E-state index contributed by atoms with van der Waals surface area (Å²) < 4.78 is 5.10. The molecule has 0 aromatic rings. The third kappa shape index (κ3) is 2.25. The van der Waals surface area contributed by atoms with E-state index in [1.807, 2.05) is 0 Å². The topological polar surface area (TPSA) is 64.3 Å². The van der Waals surface area contributed by atoms with Crippen LogP contribution in [0.2, 0.25) is 0 Å². The lowest BCUT2D eigenvalue weighted by Crippen LogP contribution is -2.60. The number of ether oxygens (including phenoxy) is 1. The van der Waals surface area contributed by atoms with Gasteiger partial charge in [-0.1, -0.05) is 6.92 Å². The molecular formula is C10H20N2O2. The van der Waals surface area contributed by atoms with Gasteiger partial charge in [0.2, 0.25) is 5.91 Å². The standard InChI is InChI=1S/C10H20N2O2/c1-3-6-12-10(7-14-2,9(11)13)8-4-5-8/h8,12H,3-7H2,1-2H3,(H2,11,13). The Bertz CT molecular complexity index is 204. The highest BCUT2D eigenvalue weighted by molar-refractivity contribution is 5.85. The van der Waals surface area contributed by atoms with Crippen LogP contribution in [0.25, 0.3) is 0 Å². The number of hydrogen-bond acceptors (Lipinski definition) is 3. The van der Waals surface area contributed by atoms with Gasteiger partial charge in [-0.15, -0.1) is 0 Å². The summed E-state index contributed by atoms with van der Waals surface area (Å²) in [5.74, 6) is 0.0850. The molecule has 3 N–H and O–H groups in total. The summed E-state index contributed by atoms with van der Waals surface area (Å²) in [5, 5.41) is 3.25. The van der Waals surface area contributed by atoms with Crippen molar-refractivity contribution in [3.05, 3.63) is 0 Å². The fraction of sp³-hybridized carbons (Fsp3) is 0.900. The van der Waals surface area contributed by atoms with Crippen molar-refractivity contribution < 1.29 is 9.53 Å². The Morgan fingerprint density at radius 1 is 1.64 bits per heavy atom. The summed E-state index contributed by atoms with van der Waals surface area (Å²) in [5.41, 5.74) is 4.84. The van der Waals surface area contributed by atoms with Crippen LogP contribution in [0, 0.1) is 5.92 Å². The third-order valence-corrected chi connectivity index (χ3v) is 2.78. The van der Waals surface area contributed by atoms with Crippen LogP contribution in [-0.4, -0.2) is 31.7 Å². The minimum Gasteiger partial charge on any atom is -0.382 e. The lowest BCUT2D eigenvalue weighted by Gasteiger charge is -2.31. The third-order valence-electron chi connectivity index (χ3n) is 2.78. The highest BCUT2D eigenvalue weighted by Crippen LogP contribution is 2.39. The molecule has 1 rings (SSSR count). The molecule has 1 atom stereocenters. The van der Waals surface area contributed by atoms with E-state index in [1.54, 1.807) is 7.11 Å². The van der Waals surface area contributed by atoms with Crippen molar-refractivity contribution in [3.63, 3.8) is 0 Å². The second-order valence-electron chi connectivity index (χ2n) is 3.97. The molecule has 1 unspecified atom stereocenters. The van der Waals surface area contributed by atoms with E-state index in [4.69, 9.17) is 10.5 Å². The van der Waals surface area contributed by atoms with E-state index in [0.29, 0.717) is 12.5 Å². The summed E-state index contributed by atoms with van der Waals surface area (Å²) in [6.45, 7) is 3.26. The number of carbonyl (C=O) groups excluding carboxylic acids is 1. The lowest BCUT2D eigenvalue weighted by atomic mass is 9.93. The summed E-state index contributed by atoms with van der Waals surface area (Å²) in [7, 11) is 1.60. The number of amides is 1. The smallest absolute Gasteiger partial charge is 0.240 e. The Kier molecular flexibility index (Phi) is 3.89. The highest BCUT2D eigenvalue weighted by Gasteiger charge is 2.49. The Morgan fingerprint density at radius 3 is 2.64 bits per heavy atom. The van der Waals surface area contributed by atoms with Crippen LogP contribution in [0.4, 0.5) is 0 Å². The van der Waals surface area contributed by atoms with Gasteiger partial charge in [0.25, 0.3) is 0 Å². The van der Waals surface area contributed by atoms with Gasteiger partial charge < -0.3 is 15.8 Å². The van der Waals surface area contributed by atoms with E-state index in [1.165, 1.54) is 0 Å². The molecule has 0 saturated heterocycles. The monoisotopic (exact) mass is 200 g/mol. The summed E-state index contributed by atoms with van der Waals surface area (Å²) in [6.07, 6.45) is 3.14. The maximum absolute atomic E-state index is 11.5. The fourth-order valence-corrected chi connectivity index (χ4v) is 1.82. The number of rotatable bonds is 7. The average Bonchev–Trinajstić information content (AvgIpc) is 2.95. The molecule has 1 amide bonds. The van der Waals surface area contributed by atoms with Crippen molar-refractivity contribution in [3.8, 4) is 0 Å². The number of nitrogens with one attached hydrogen (secondary N) is 1. The Hall–Kier alpha value is -0.610. The molecule has 0 aromatic carbocycles. The summed E-state index contributed by atoms with van der Waals surface area (Å²) in [6, 6.07) is 0. The molecular weight excluding hydrogens is 180 g/mol. The molecule has 14 heavy (non-hydrogen) atoms. The van der Waals surface area contributed by atoms with Crippen molar-refractivity contribution in [1.82, 2.24) is 5.32 Å². The van der Waals surface area contributed by atoms with Crippen LogP contribution in [0.1, 0.15) is 26.2 Å². The molecule has 4 heteroatoms. The van der Waals surface area contributed by atoms with Gasteiger partial charge in [-0.2, -0.15) is 0 Å². The predicted octanol–water partition coefficient (Wildman–Crippen LogP) is 0.267. The van der Waals surface area contributed by atoms with Crippen molar-refractivity contribution in [2.75, 3.05) is 20.3 Å². The van der Waals surface area contributed by atoms with E-state index in [-0.39, 0.29) is 5.91 Å². The molecule has 1 aliphatic rings. The molecule has 0 bridgehead atoms. The molecule has 0 aliphatic heterocycles. The number of nitrogens with two attached hydrogens (primary N) is 1. The van der Waals surface area contributed by atoms with Gasteiger partial charge in [0, 0.05) is 7.11 Å². The SMILES string of the molecule is CCCNC(COC)(C(N)=O)C1CC1. The summed E-state index contributed by atoms with van der Waals surface area (Å²) >= 11 is 0. The Morgan fingerprint density at radius 2 is 2.29 bits per heavy atom. The van der Waals surface area contributed by atoms with Crippen LogP contribution in [0.3, 0.4) is 0 Å². The van der Waals surface area contributed by atoms with E-state index < -0.39 is 5.54 Å². The lowest BCUT2D eigenvalue weighted by molar-refractivity contribution is -0.127. The van der Waals surface area contributed by atoms with Crippen LogP contribution in [-0.2, 0) is 9.53 Å². The summed E-state index contributed by atoms with van der Waals surface area (Å²) in [4.78, 5) is 11.5. The van der Waals surface area contributed by atoms with Crippen molar-refractivity contribution in [2.45, 2.75) is 31.7 Å². The van der Waals surface area contributed by atoms with Gasteiger partial charge in [0.15, 0.2) is 0 Å². The zero-order valence-electron chi connectivity index (χ0n) is 9.01. The Balaban J connectivity index is 2.67. The minimum atomic E-state index is -0.620. The van der Waals surface area contributed by atoms with Gasteiger partial charge in [0.05, 0.1) is 6.61 Å². The van der Waals surface area contributed by atoms with E-state index in [9.17, 15) is 4.79 Å². The molecule has 82 valence electrons. The first-order valence-corrected chi connectivity index (χ1v) is 5.21. The van der Waals surface area contributed by atoms with Gasteiger partial charge in [0.1, 0.15) is 5.54 Å².